The molecule has 0 saturated carbocycles. The number of nitrogens with one attached hydrogen (secondary N) is 4. The molecular weight excluding hydrogens is 316 g/mol. The van der Waals surface area contributed by atoms with Gasteiger partial charge in [-0.2, -0.15) is 0 Å². The summed E-state index contributed by atoms with van der Waals surface area (Å²) in [6.45, 7) is 4.61. The minimum Gasteiger partial charge on any atom is -0.467 e. The molecule has 0 aliphatic carbocycles. The van der Waals surface area contributed by atoms with E-state index in [0.29, 0.717) is 16.8 Å². The fourth-order valence-corrected chi connectivity index (χ4v) is 2.06. The van der Waals surface area contributed by atoms with Crippen molar-refractivity contribution < 1.29 is 4.42 Å². The molecule has 7 heteroatoms. The molecule has 0 aliphatic rings. The summed E-state index contributed by atoms with van der Waals surface area (Å²) in [6.07, 6.45) is 1.62. The third kappa shape index (κ3) is 4.71. The second kappa shape index (κ2) is 7.77. The van der Waals surface area contributed by atoms with E-state index >= 15 is 0 Å². The van der Waals surface area contributed by atoms with E-state index in [0.717, 1.165) is 17.0 Å². The topological polar surface area (TPSA) is 61.3 Å². The average Bonchev–Trinajstić information content (AvgIpc) is 3.01. The lowest BCUT2D eigenvalue weighted by atomic mass is 10.1. The minimum atomic E-state index is 0.432. The highest BCUT2D eigenvalue weighted by Gasteiger charge is 2.03. The van der Waals surface area contributed by atoms with Gasteiger partial charge in [0.1, 0.15) is 5.76 Å². The van der Waals surface area contributed by atoms with Crippen molar-refractivity contribution in [2.45, 2.75) is 20.4 Å². The van der Waals surface area contributed by atoms with Crippen LogP contribution in [0.15, 0.2) is 41.0 Å². The highest BCUT2D eigenvalue weighted by Crippen LogP contribution is 2.17. The SMILES string of the molecule is Cc1cccc(NC(=S)NNC(=S)NCc2ccco2)c1C. The second-order valence-corrected chi connectivity index (χ2v) is 5.53. The molecule has 0 bridgehead atoms. The maximum Gasteiger partial charge on any atom is 0.189 e. The van der Waals surface area contributed by atoms with Crippen molar-refractivity contribution in [3.05, 3.63) is 53.5 Å². The van der Waals surface area contributed by atoms with Crippen LogP contribution in [-0.2, 0) is 6.54 Å². The lowest BCUT2D eigenvalue weighted by molar-refractivity contribution is 0.502. The van der Waals surface area contributed by atoms with Crippen LogP contribution in [0.4, 0.5) is 5.69 Å². The Morgan fingerprint density at radius 1 is 1.05 bits per heavy atom. The molecule has 22 heavy (non-hydrogen) atoms. The van der Waals surface area contributed by atoms with Crippen LogP contribution in [0.25, 0.3) is 0 Å². The molecule has 2 rings (SSSR count). The summed E-state index contributed by atoms with van der Waals surface area (Å²) in [5, 5.41) is 7.00. The summed E-state index contributed by atoms with van der Waals surface area (Å²) in [7, 11) is 0. The number of benzene rings is 1. The molecule has 0 aliphatic heterocycles. The Morgan fingerprint density at radius 2 is 1.82 bits per heavy atom. The number of anilines is 1. The van der Waals surface area contributed by atoms with E-state index < -0.39 is 0 Å². The van der Waals surface area contributed by atoms with Gasteiger partial charge in [0.25, 0.3) is 0 Å². The molecule has 1 aromatic heterocycles. The number of hydrogen-bond acceptors (Lipinski definition) is 3. The molecule has 116 valence electrons. The van der Waals surface area contributed by atoms with E-state index in [2.05, 4.69) is 34.5 Å². The summed E-state index contributed by atoms with van der Waals surface area (Å²) < 4.78 is 5.20. The monoisotopic (exact) mass is 334 g/mol. The Labute approximate surface area is 140 Å². The molecule has 0 atom stereocenters. The van der Waals surface area contributed by atoms with Gasteiger partial charge in [0, 0.05) is 5.69 Å². The van der Waals surface area contributed by atoms with E-state index in [4.69, 9.17) is 28.9 Å². The van der Waals surface area contributed by atoms with Crippen molar-refractivity contribution in [2.24, 2.45) is 0 Å². The predicted molar refractivity (Wildman–Crippen MR) is 96.6 cm³/mol. The first-order valence-electron chi connectivity index (χ1n) is 6.75. The van der Waals surface area contributed by atoms with E-state index in [9.17, 15) is 0 Å². The Hall–Kier alpha value is -2.12. The molecule has 4 N–H and O–H groups in total. The van der Waals surface area contributed by atoms with Crippen molar-refractivity contribution in [1.82, 2.24) is 16.2 Å². The molecule has 0 amide bonds. The van der Waals surface area contributed by atoms with Gasteiger partial charge in [-0.1, -0.05) is 12.1 Å². The second-order valence-electron chi connectivity index (χ2n) is 4.71. The molecule has 0 unspecified atom stereocenters. The van der Waals surface area contributed by atoms with Crippen LogP contribution >= 0.6 is 24.4 Å². The van der Waals surface area contributed by atoms with Crippen molar-refractivity contribution in [2.75, 3.05) is 5.32 Å². The Bertz CT molecular complexity index is 656. The van der Waals surface area contributed by atoms with E-state index in [-0.39, 0.29) is 0 Å². The first kappa shape index (κ1) is 16.3. The number of aryl methyl sites for hydroxylation is 1. The van der Waals surface area contributed by atoms with Gasteiger partial charge in [0.15, 0.2) is 10.2 Å². The van der Waals surface area contributed by atoms with Gasteiger partial charge in [-0.3, -0.25) is 10.9 Å². The van der Waals surface area contributed by atoms with Gasteiger partial charge < -0.3 is 15.1 Å². The Kier molecular flexibility index (Phi) is 5.74. The van der Waals surface area contributed by atoms with E-state index in [1.54, 1.807) is 6.26 Å². The van der Waals surface area contributed by atoms with Crippen LogP contribution in [0.2, 0.25) is 0 Å². The molecule has 0 radical (unpaired) electrons. The molecular formula is C15H18N4OS2. The lowest BCUT2D eigenvalue weighted by Crippen LogP contribution is -2.48. The minimum absolute atomic E-state index is 0.432. The van der Waals surface area contributed by atoms with Crippen LogP contribution in [0.3, 0.4) is 0 Å². The van der Waals surface area contributed by atoms with Crippen LogP contribution in [0.1, 0.15) is 16.9 Å². The molecule has 0 fully saturated rings. The summed E-state index contributed by atoms with van der Waals surface area (Å²) in [5.74, 6) is 0.806. The highest BCUT2D eigenvalue weighted by molar-refractivity contribution is 7.80. The van der Waals surface area contributed by atoms with Gasteiger partial charge in [-0.15, -0.1) is 0 Å². The number of hydrazine groups is 1. The maximum absolute atomic E-state index is 5.23. The largest absolute Gasteiger partial charge is 0.467 e. The van der Waals surface area contributed by atoms with Crippen molar-refractivity contribution in [3.63, 3.8) is 0 Å². The number of hydrogen-bond donors (Lipinski definition) is 4. The fraction of sp³-hybridized carbons (Fsp3) is 0.200. The first-order valence-corrected chi connectivity index (χ1v) is 7.57. The standard InChI is InChI=1S/C15H18N4OS2/c1-10-5-3-7-13(11(10)2)17-15(22)19-18-14(21)16-9-12-6-4-8-20-12/h3-8H,9H2,1-2H3,(H2,16,18,21)(H2,17,19,22). The van der Waals surface area contributed by atoms with E-state index in [1.807, 2.05) is 31.2 Å². The molecule has 2 aromatic rings. The summed E-state index contributed by atoms with van der Waals surface area (Å²) in [6, 6.07) is 9.72. The van der Waals surface area contributed by atoms with Crippen LogP contribution < -0.4 is 21.5 Å². The van der Waals surface area contributed by atoms with Crippen LogP contribution in [-0.4, -0.2) is 10.2 Å². The highest BCUT2D eigenvalue weighted by atomic mass is 32.1. The van der Waals surface area contributed by atoms with Crippen LogP contribution in [0.5, 0.6) is 0 Å². The van der Waals surface area contributed by atoms with Crippen molar-refractivity contribution in [3.8, 4) is 0 Å². The fourth-order valence-electron chi connectivity index (χ4n) is 1.78. The normalized spacial score (nSPS) is 9.91. The van der Waals surface area contributed by atoms with Gasteiger partial charge >= 0.3 is 0 Å². The zero-order valence-electron chi connectivity index (χ0n) is 12.4. The number of rotatable bonds is 3. The zero-order valence-corrected chi connectivity index (χ0v) is 14.0. The Balaban J connectivity index is 1.75. The quantitative estimate of drug-likeness (QED) is 0.508. The Morgan fingerprint density at radius 3 is 2.55 bits per heavy atom. The van der Waals surface area contributed by atoms with Gasteiger partial charge in [-0.05, 0) is 67.6 Å². The van der Waals surface area contributed by atoms with Crippen molar-refractivity contribution in [1.29, 1.82) is 0 Å². The average molecular weight is 334 g/mol. The lowest BCUT2D eigenvalue weighted by Gasteiger charge is -2.15. The number of furan rings is 1. The van der Waals surface area contributed by atoms with Gasteiger partial charge in [0.2, 0.25) is 0 Å². The molecule has 5 nitrogen and oxygen atoms in total. The molecule has 1 aromatic carbocycles. The maximum atomic E-state index is 5.23. The van der Waals surface area contributed by atoms with Gasteiger partial charge in [0.05, 0.1) is 12.8 Å². The van der Waals surface area contributed by atoms with Gasteiger partial charge in [-0.25, -0.2) is 0 Å². The summed E-state index contributed by atoms with van der Waals surface area (Å²) in [5.41, 5.74) is 9.00. The van der Waals surface area contributed by atoms with Crippen LogP contribution in [0, 0.1) is 13.8 Å². The zero-order chi connectivity index (χ0) is 15.9. The molecule has 1 heterocycles. The number of thiocarbonyl (C=S) groups is 2. The third-order valence-corrected chi connectivity index (χ3v) is 3.60. The third-order valence-electron chi connectivity index (χ3n) is 3.15. The molecule has 0 saturated heterocycles. The summed E-state index contributed by atoms with van der Waals surface area (Å²) in [4.78, 5) is 0. The van der Waals surface area contributed by atoms with Crippen molar-refractivity contribution >= 4 is 40.3 Å². The first-order chi connectivity index (χ1) is 10.6. The predicted octanol–water partition coefficient (Wildman–Crippen LogP) is 2.76. The summed E-state index contributed by atoms with van der Waals surface area (Å²) >= 11 is 10.4. The molecule has 0 spiro atoms. The smallest absolute Gasteiger partial charge is 0.189 e. The van der Waals surface area contributed by atoms with E-state index in [1.165, 1.54) is 5.56 Å².